The highest BCUT2D eigenvalue weighted by atomic mass is 32.2. The molecule has 1 N–H and O–H groups in total. The number of benzene rings is 3. The van der Waals surface area contributed by atoms with E-state index in [2.05, 4.69) is 10.2 Å². The summed E-state index contributed by atoms with van der Waals surface area (Å²) in [6.45, 7) is 7.16. The zero-order valence-electron chi connectivity index (χ0n) is 20.3. The van der Waals surface area contributed by atoms with Crippen LogP contribution in [0.15, 0.2) is 66.7 Å². The maximum Gasteiger partial charge on any atom is 0.255 e. The number of nitrogens with zero attached hydrogens (tertiary/aromatic N) is 2. The Labute approximate surface area is 207 Å². The van der Waals surface area contributed by atoms with Crippen molar-refractivity contribution in [3.63, 3.8) is 0 Å². The number of hydrogen-bond donors (Lipinski definition) is 1. The minimum absolute atomic E-state index is 0.190. The van der Waals surface area contributed by atoms with Crippen molar-refractivity contribution >= 4 is 33.0 Å². The predicted octanol–water partition coefficient (Wildman–Crippen LogP) is 4.36. The van der Waals surface area contributed by atoms with Gasteiger partial charge in [-0.05, 0) is 66.9 Å². The maximum atomic E-state index is 12.8. The van der Waals surface area contributed by atoms with Gasteiger partial charge in [-0.1, -0.05) is 30.3 Å². The van der Waals surface area contributed by atoms with Crippen LogP contribution in [-0.2, 0) is 21.3 Å². The number of morpholine rings is 1. The average molecular weight is 494 g/mol. The van der Waals surface area contributed by atoms with E-state index in [0.717, 1.165) is 54.4 Å². The van der Waals surface area contributed by atoms with E-state index in [9.17, 15) is 13.2 Å². The summed E-state index contributed by atoms with van der Waals surface area (Å²) < 4.78 is 32.0. The van der Waals surface area contributed by atoms with Crippen LogP contribution in [0.5, 0.6) is 0 Å². The fourth-order valence-electron chi connectivity index (χ4n) is 4.27. The van der Waals surface area contributed by atoms with Gasteiger partial charge < -0.3 is 15.0 Å². The fourth-order valence-corrected chi connectivity index (χ4v) is 5.27. The average Bonchev–Trinajstić information content (AvgIpc) is 2.84. The topological polar surface area (TPSA) is 79.0 Å². The number of carbonyl (C=O) groups excluding carboxylic acids is 1. The molecule has 1 fully saturated rings. The van der Waals surface area contributed by atoms with Crippen molar-refractivity contribution in [2.24, 2.45) is 0 Å². The van der Waals surface area contributed by atoms with E-state index in [-0.39, 0.29) is 12.5 Å². The van der Waals surface area contributed by atoms with Crippen LogP contribution in [0.3, 0.4) is 0 Å². The number of aryl methyl sites for hydroxylation is 2. The Balaban J connectivity index is 1.44. The van der Waals surface area contributed by atoms with E-state index >= 15 is 0 Å². The van der Waals surface area contributed by atoms with Gasteiger partial charge in [-0.3, -0.25) is 9.10 Å². The summed E-state index contributed by atoms with van der Waals surface area (Å²) in [6, 6.07) is 20.5. The highest BCUT2D eigenvalue weighted by molar-refractivity contribution is 7.92. The lowest BCUT2D eigenvalue weighted by Gasteiger charge is -2.28. The number of nitrogens with one attached hydrogen (secondary N) is 1. The largest absolute Gasteiger partial charge is 0.378 e. The second-order valence-electron chi connectivity index (χ2n) is 8.81. The molecular weight excluding hydrogens is 462 g/mol. The Morgan fingerprint density at radius 2 is 1.54 bits per heavy atom. The first-order valence-electron chi connectivity index (χ1n) is 11.6. The molecule has 1 amide bonds. The molecular formula is C27H31N3O4S. The third kappa shape index (κ3) is 6.01. The third-order valence-corrected chi connectivity index (χ3v) is 7.25. The van der Waals surface area contributed by atoms with Crippen LogP contribution in [0.25, 0.3) is 0 Å². The van der Waals surface area contributed by atoms with Crippen LogP contribution in [0.4, 0.5) is 17.1 Å². The van der Waals surface area contributed by atoms with Gasteiger partial charge in [-0.15, -0.1) is 0 Å². The number of rotatable bonds is 7. The molecule has 35 heavy (non-hydrogen) atoms. The summed E-state index contributed by atoms with van der Waals surface area (Å²) in [6.07, 6.45) is 1.21. The van der Waals surface area contributed by atoms with E-state index in [0.29, 0.717) is 11.3 Å². The quantitative estimate of drug-likeness (QED) is 0.529. The number of sulfonamides is 1. The van der Waals surface area contributed by atoms with E-state index in [1.54, 1.807) is 24.3 Å². The number of amides is 1. The lowest BCUT2D eigenvalue weighted by Crippen LogP contribution is -2.36. The van der Waals surface area contributed by atoms with Crippen molar-refractivity contribution in [1.29, 1.82) is 0 Å². The minimum atomic E-state index is -3.50. The zero-order valence-corrected chi connectivity index (χ0v) is 21.1. The molecule has 0 bridgehead atoms. The lowest BCUT2D eigenvalue weighted by molar-refractivity contribution is 0.102. The number of para-hydroxylation sites is 1. The number of anilines is 3. The van der Waals surface area contributed by atoms with Crippen molar-refractivity contribution in [2.75, 3.05) is 47.1 Å². The third-order valence-electron chi connectivity index (χ3n) is 6.13. The molecule has 0 radical (unpaired) electrons. The molecule has 1 aliphatic heterocycles. The van der Waals surface area contributed by atoms with Crippen molar-refractivity contribution in [3.8, 4) is 0 Å². The van der Waals surface area contributed by atoms with E-state index in [1.165, 1.54) is 10.6 Å². The first kappa shape index (κ1) is 24.8. The molecule has 1 saturated heterocycles. The standard InChI is InChI=1S/C27H31N3O4S/c1-20-5-4-6-21(2)26(20)30(35(3,32)33)19-22-7-9-23(10-8-22)27(31)28-24-11-13-25(14-12-24)29-15-17-34-18-16-29/h4-14H,15-19H2,1-3H3,(H,28,31). The molecule has 8 heteroatoms. The summed E-state index contributed by atoms with van der Waals surface area (Å²) in [5.41, 5.74) is 5.60. The summed E-state index contributed by atoms with van der Waals surface area (Å²) in [7, 11) is -3.50. The Bertz CT molecular complexity index is 1260. The van der Waals surface area contributed by atoms with Gasteiger partial charge in [0.15, 0.2) is 0 Å². The molecule has 0 spiro atoms. The maximum absolute atomic E-state index is 12.8. The first-order chi connectivity index (χ1) is 16.7. The van der Waals surface area contributed by atoms with E-state index in [1.807, 2.05) is 56.3 Å². The summed E-state index contributed by atoms with van der Waals surface area (Å²) >= 11 is 0. The van der Waals surface area contributed by atoms with E-state index in [4.69, 9.17) is 4.74 Å². The number of carbonyl (C=O) groups is 1. The smallest absolute Gasteiger partial charge is 0.255 e. The van der Waals surface area contributed by atoms with Gasteiger partial charge in [-0.25, -0.2) is 8.42 Å². The van der Waals surface area contributed by atoms with Crippen LogP contribution in [0.1, 0.15) is 27.0 Å². The first-order valence-corrected chi connectivity index (χ1v) is 13.4. The SMILES string of the molecule is Cc1cccc(C)c1N(Cc1ccc(C(=O)Nc2ccc(N3CCOCC3)cc2)cc1)S(C)(=O)=O. The summed E-state index contributed by atoms with van der Waals surface area (Å²) in [5, 5.41) is 2.93. The molecule has 3 aromatic carbocycles. The van der Waals surface area contributed by atoms with Crippen LogP contribution in [0.2, 0.25) is 0 Å². The predicted molar refractivity (Wildman–Crippen MR) is 141 cm³/mol. The van der Waals surface area contributed by atoms with Gasteiger partial charge in [0.05, 0.1) is 31.7 Å². The lowest BCUT2D eigenvalue weighted by atomic mass is 10.1. The Morgan fingerprint density at radius 3 is 2.11 bits per heavy atom. The monoisotopic (exact) mass is 493 g/mol. The highest BCUT2D eigenvalue weighted by Gasteiger charge is 2.21. The molecule has 0 atom stereocenters. The van der Waals surface area contributed by atoms with E-state index < -0.39 is 10.0 Å². The van der Waals surface area contributed by atoms with Gasteiger partial charge in [0.2, 0.25) is 10.0 Å². The van der Waals surface area contributed by atoms with Crippen molar-refractivity contribution < 1.29 is 17.9 Å². The van der Waals surface area contributed by atoms with Gasteiger partial charge >= 0.3 is 0 Å². The molecule has 0 saturated carbocycles. The Kier molecular flexibility index (Phi) is 7.42. The van der Waals surface area contributed by atoms with Gasteiger partial charge in [-0.2, -0.15) is 0 Å². The van der Waals surface area contributed by atoms with Crippen LogP contribution >= 0.6 is 0 Å². The van der Waals surface area contributed by atoms with Crippen molar-refractivity contribution in [2.45, 2.75) is 20.4 Å². The fraction of sp³-hybridized carbons (Fsp3) is 0.296. The molecule has 4 rings (SSSR count). The molecule has 0 aromatic heterocycles. The molecule has 3 aromatic rings. The second kappa shape index (κ2) is 10.5. The van der Waals surface area contributed by atoms with Gasteiger partial charge in [0, 0.05) is 30.0 Å². The Morgan fingerprint density at radius 1 is 0.943 bits per heavy atom. The summed E-state index contributed by atoms with van der Waals surface area (Å²) in [5.74, 6) is -0.217. The van der Waals surface area contributed by atoms with Crippen molar-refractivity contribution in [1.82, 2.24) is 0 Å². The van der Waals surface area contributed by atoms with Gasteiger partial charge in [0.1, 0.15) is 0 Å². The number of hydrogen-bond acceptors (Lipinski definition) is 5. The van der Waals surface area contributed by atoms with Crippen molar-refractivity contribution in [3.05, 3.63) is 89.0 Å². The van der Waals surface area contributed by atoms with Gasteiger partial charge in [0.25, 0.3) is 5.91 Å². The van der Waals surface area contributed by atoms with Crippen LogP contribution in [0, 0.1) is 13.8 Å². The molecule has 0 unspecified atom stereocenters. The molecule has 0 aliphatic carbocycles. The zero-order chi connectivity index (χ0) is 25.0. The normalized spacial score (nSPS) is 14.0. The molecule has 7 nitrogen and oxygen atoms in total. The molecule has 184 valence electrons. The second-order valence-corrected chi connectivity index (χ2v) is 10.7. The highest BCUT2D eigenvalue weighted by Crippen LogP contribution is 2.28. The molecule has 1 heterocycles. The number of ether oxygens (including phenoxy) is 1. The summed E-state index contributed by atoms with van der Waals surface area (Å²) in [4.78, 5) is 15.0. The minimum Gasteiger partial charge on any atom is -0.378 e. The van der Waals surface area contributed by atoms with Crippen LogP contribution < -0.4 is 14.5 Å². The van der Waals surface area contributed by atoms with Crippen LogP contribution in [-0.4, -0.2) is 46.9 Å². The Hall–Kier alpha value is -3.36. The molecule has 1 aliphatic rings.